The molecule has 0 bridgehead atoms. The van der Waals surface area contributed by atoms with Gasteiger partial charge in [0, 0.05) is 17.1 Å². The minimum Gasteiger partial charge on any atom is -0.497 e. The quantitative estimate of drug-likeness (QED) is 0.803. The first-order valence-corrected chi connectivity index (χ1v) is 7.42. The molecule has 0 spiro atoms. The fourth-order valence-corrected chi connectivity index (χ4v) is 2.85. The largest absolute Gasteiger partial charge is 0.497 e. The number of methoxy groups -OCH3 is 1. The molecule has 0 saturated heterocycles. The summed E-state index contributed by atoms with van der Waals surface area (Å²) < 4.78 is 5.16. The van der Waals surface area contributed by atoms with Crippen LogP contribution < -0.4 is 10.5 Å². The summed E-state index contributed by atoms with van der Waals surface area (Å²) in [6.07, 6.45) is 1.74. The van der Waals surface area contributed by atoms with Gasteiger partial charge in [0.05, 0.1) is 24.5 Å². The van der Waals surface area contributed by atoms with Crippen LogP contribution in [-0.2, 0) is 0 Å². The lowest BCUT2D eigenvalue weighted by Crippen LogP contribution is -2.12. The fraction of sp³-hybridized carbons (Fsp3) is 0.125. The Morgan fingerprint density at radius 3 is 2.62 bits per heavy atom. The van der Waals surface area contributed by atoms with Gasteiger partial charge >= 0.3 is 0 Å². The molecule has 4 nitrogen and oxygen atoms in total. The van der Waals surface area contributed by atoms with E-state index < -0.39 is 0 Å². The second-order valence-electron chi connectivity index (χ2n) is 4.53. The van der Waals surface area contributed by atoms with E-state index in [-0.39, 0.29) is 6.04 Å². The predicted molar refractivity (Wildman–Crippen MR) is 84.4 cm³/mol. The number of ether oxygens (including phenoxy) is 1. The average Bonchev–Trinajstić information content (AvgIpc) is 3.05. The Kier molecular flexibility index (Phi) is 3.94. The van der Waals surface area contributed by atoms with Crippen molar-refractivity contribution in [2.45, 2.75) is 6.04 Å². The highest BCUT2D eigenvalue weighted by Gasteiger charge is 2.14. The Balaban J connectivity index is 1.85. The normalized spacial score (nSPS) is 12.1. The van der Waals surface area contributed by atoms with Crippen LogP contribution in [0.1, 0.15) is 16.7 Å². The molecule has 1 aromatic carbocycles. The Bertz CT molecular complexity index is 710. The Hall–Kier alpha value is -2.24. The number of thiazole rings is 1. The van der Waals surface area contributed by atoms with E-state index in [0.29, 0.717) is 0 Å². The number of aromatic nitrogens is 2. The number of hydrogen-bond donors (Lipinski definition) is 1. The third-order valence-corrected chi connectivity index (χ3v) is 4.11. The molecule has 1 unspecified atom stereocenters. The lowest BCUT2D eigenvalue weighted by Gasteiger charge is -2.06. The molecule has 0 amide bonds. The molecule has 21 heavy (non-hydrogen) atoms. The zero-order valence-electron chi connectivity index (χ0n) is 11.6. The molecule has 3 aromatic rings. The third kappa shape index (κ3) is 2.94. The topological polar surface area (TPSA) is 61.0 Å². The summed E-state index contributed by atoms with van der Waals surface area (Å²) in [5.74, 6) is 0.833. The second-order valence-corrected chi connectivity index (χ2v) is 5.42. The fourth-order valence-electron chi connectivity index (χ4n) is 2.01. The van der Waals surface area contributed by atoms with Crippen molar-refractivity contribution in [1.29, 1.82) is 0 Å². The first-order chi connectivity index (χ1) is 10.3. The van der Waals surface area contributed by atoms with Gasteiger partial charge in [0.2, 0.25) is 0 Å². The molecular formula is C16H15N3OS. The summed E-state index contributed by atoms with van der Waals surface area (Å²) >= 11 is 1.55. The maximum absolute atomic E-state index is 6.22. The van der Waals surface area contributed by atoms with Gasteiger partial charge < -0.3 is 10.5 Å². The van der Waals surface area contributed by atoms with Crippen LogP contribution in [0.25, 0.3) is 11.3 Å². The van der Waals surface area contributed by atoms with Crippen LogP contribution in [0.5, 0.6) is 5.75 Å². The molecule has 0 aliphatic carbocycles. The zero-order chi connectivity index (χ0) is 14.7. The van der Waals surface area contributed by atoms with Crippen molar-refractivity contribution in [1.82, 2.24) is 9.97 Å². The molecule has 0 aliphatic heterocycles. The molecule has 2 heterocycles. The van der Waals surface area contributed by atoms with Gasteiger partial charge in [0.1, 0.15) is 10.8 Å². The molecule has 106 valence electrons. The van der Waals surface area contributed by atoms with Gasteiger partial charge in [-0.2, -0.15) is 0 Å². The standard InChI is InChI=1S/C16H15N3OS/c1-20-12-7-5-11(6-8-12)14-10-21-16(19-14)15(17)13-4-2-3-9-18-13/h2-10,15H,17H2,1H3. The predicted octanol–water partition coefficient (Wildman–Crippen LogP) is 3.26. The number of nitrogens with two attached hydrogens (primary N) is 1. The van der Waals surface area contributed by atoms with Gasteiger partial charge in [-0.3, -0.25) is 4.98 Å². The first kappa shape index (κ1) is 13.7. The van der Waals surface area contributed by atoms with Crippen molar-refractivity contribution in [3.63, 3.8) is 0 Å². The number of hydrogen-bond acceptors (Lipinski definition) is 5. The molecule has 2 aromatic heterocycles. The molecule has 5 heteroatoms. The summed E-state index contributed by atoms with van der Waals surface area (Å²) in [5.41, 5.74) is 9.01. The molecule has 0 fully saturated rings. The van der Waals surface area contributed by atoms with Gasteiger partial charge in [-0.05, 0) is 36.4 Å². The minimum absolute atomic E-state index is 0.289. The van der Waals surface area contributed by atoms with Crippen LogP contribution >= 0.6 is 11.3 Å². The summed E-state index contributed by atoms with van der Waals surface area (Å²) in [6, 6.07) is 13.3. The van der Waals surface area contributed by atoms with Gasteiger partial charge in [0.15, 0.2) is 0 Å². The summed E-state index contributed by atoms with van der Waals surface area (Å²) in [6.45, 7) is 0. The smallest absolute Gasteiger partial charge is 0.118 e. The Morgan fingerprint density at radius 1 is 1.14 bits per heavy atom. The number of benzene rings is 1. The monoisotopic (exact) mass is 297 g/mol. The average molecular weight is 297 g/mol. The van der Waals surface area contributed by atoms with Crippen molar-refractivity contribution in [3.8, 4) is 17.0 Å². The molecular weight excluding hydrogens is 282 g/mol. The van der Waals surface area contributed by atoms with E-state index in [1.165, 1.54) is 0 Å². The summed E-state index contributed by atoms with van der Waals surface area (Å²) in [4.78, 5) is 8.91. The highest BCUT2D eigenvalue weighted by molar-refractivity contribution is 7.10. The van der Waals surface area contributed by atoms with Gasteiger partial charge in [0.25, 0.3) is 0 Å². The molecule has 0 radical (unpaired) electrons. The van der Waals surface area contributed by atoms with E-state index >= 15 is 0 Å². The highest BCUT2D eigenvalue weighted by Crippen LogP contribution is 2.28. The van der Waals surface area contributed by atoms with E-state index in [1.54, 1.807) is 24.6 Å². The SMILES string of the molecule is COc1ccc(-c2csc(C(N)c3ccccn3)n2)cc1. The van der Waals surface area contributed by atoms with E-state index in [0.717, 1.165) is 27.7 Å². The van der Waals surface area contributed by atoms with Crippen molar-refractivity contribution in [3.05, 3.63) is 64.7 Å². The van der Waals surface area contributed by atoms with Crippen LogP contribution in [0, 0.1) is 0 Å². The summed E-state index contributed by atoms with van der Waals surface area (Å²) in [7, 11) is 1.65. The Morgan fingerprint density at radius 2 is 1.95 bits per heavy atom. The van der Waals surface area contributed by atoms with E-state index in [9.17, 15) is 0 Å². The first-order valence-electron chi connectivity index (χ1n) is 6.54. The zero-order valence-corrected chi connectivity index (χ0v) is 12.4. The van der Waals surface area contributed by atoms with Crippen LogP contribution in [0.15, 0.2) is 54.0 Å². The third-order valence-electron chi connectivity index (χ3n) is 3.18. The second kappa shape index (κ2) is 6.03. The maximum atomic E-state index is 6.22. The highest BCUT2D eigenvalue weighted by atomic mass is 32.1. The number of pyridine rings is 1. The molecule has 3 rings (SSSR count). The van der Waals surface area contributed by atoms with Crippen molar-refractivity contribution in [2.75, 3.05) is 7.11 Å². The van der Waals surface area contributed by atoms with Crippen molar-refractivity contribution >= 4 is 11.3 Å². The molecule has 0 saturated carbocycles. The van der Waals surface area contributed by atoms with Crippen molar-refractivity contribution < 1.29 is 4.74 Å². The lowest BCUT2D eigenvalue weighted by molar-refractivity contribution is 0.415. The van der Waals surface area contributed by atoms with E-state index in [2.05, 4.69) is 9.97 Å². The van der Waals surface area contributed by atoms with Crippen LogP contribution in [0.2, 0.25) is 0 Å². The number of rotatable bonds is 4. The maximum Gasteiger partial charge on any atom is 0.118 e. The van der Waals surface area contributed by atoms with Crippen LogP contribution in [0.3, 0.4) is 0 Å². The molecule has 1 atom stereocenters. The number of nitrogens with zero attached hydrogens (tertiary/aromatic N) is 2. The summed E-state index contributed by atoms with van der Waals surface area (Å²) in [5, 5.41) is 2.87. The lowest BCUT2D eigenvalue weighted by atomic mass is 10.1. The minimum atomic E-state index is -0.289. The van der Waals surface area contributed by atoms with E-state index in [1.807, 2.05) is 47.8 Å². The molecule has 2 N–H and O–H groups in total. The van der Waals surface area contributed by atoms with Gasteiger partial charge in [-0.1, -0.05) is 6.07 Å². The van der Waals surface area contributed by atoms with Crippen molar-refractivity contribution in [2.24, 2.45) is 5.73 Å². The van der Waals surface area contributed by atoms with Gasteiger partial charge in [-0.15, -0.1) is 11.3 Å². The van der Waals surface area contributed by atoms with Crippen LogP contribution in [0.4, 0.5) is 0 Å². The van der Waals surface area contributed by atoms with E-state index in [4.69, 9.17) is 10.5 Å². The van der Waals surface area contributed by atoms with Crippen LogP contribution in [-0.4, -0.2) is 17.1 Å². The van der Waals surface area contributed by atoms with Gasteiger partial charge in [-0.25, -0.2) is 4.98 Å². The molecule has 0 aliphatic rings. The Labute approximate surface area is 127 Å².